The predicted molar refractivity (Wildman–Crippen MR) is 64.9 cm³/mol. The van der Waals surface area contributed by atoms with Gasteiger partial charge in [0.25, 0.3) is 0 Å². The van der Waals surface area contributed by atoms with Crippen LogP contribution < -0.4 is 11.1 Å². The van der Waals surface area contributed by atoms with Crippen molar-refractivity contribution in [3.63, 3.8) is 0 Å². The summed E-state index contributed by atoms with van der Waals surface area (Å²) in [5, 5.41) is 3.16. The fourth-order valence-corrected chi connectivity index (χ4v) is 2.86. The fourth-order valence-electron chi connectivity index (χ4n) is 2.86. The number of hydrogen-bond donors (Lipinski definition) is 2. The lowest BCUT2D eigenvalue weighted by atomic mass is 9.87. The average molecular weight is 224 g/mol. The third-order valence-electron chi connectivity index (χ3n) is 4.51. The van der Waals surface area contributed by atoms with E-state index in [2.05, 4.69) is 12.2 Å². The van der Waals surface area contributed by atoms with E-state index in [0.717, 1.165) is 32.4 Å². The molecule has 3 N–H and O–H groups in total. The molecule has 2 aliphatic carbocycles. The number of carbonyl (C=O) groups is 1. The second-order valence-corrected chi connectivity index (χ2v) is 5.99. The van der Waals surface area contributed by atoms with Crippen molar-refractivity contribution in [2.75, 3.05) is 13.1 Å². The van der Waals surface area contributed by atoms with Crippen LogP contribution in [0.3, 0.4) is 0 Å². The van der Waals surface area contributed by atoms with Gasteiger partial charge in [0.05, 0.1) is 0 Å². The maximum atomic E-state index is 12.1. The van der Waals surface area contributed by atoms with Crippen LogP contribution in [0.25, 0.3) is 0 Å². The maximum Gasteiger partial charge on any atom is 0.225 e. The minimum atomic E-state index is -0.0845. The molecule has 3 nitrogen and oxygen atoms in total. The van der Waals surface area contributed by atoms with Crippen molar-refractivity contribution in [1.29, 1.82) is 0 Å². The molecule has 0 atom stereocenters. The molecule has 1 amide bonds. The van der Waals surface area contributed by atoms with Crippen molar-refractivity contribution in [2.45, 2.75) is 51.9 Å². The third kappa shape index (κ3) is 2.40. The Hall–Kier alpha value is -0.570. The molecule has 2 aliphatic rings. The second-order valence-electron chi connectivity index (χ2n) is 5.99. The first-order chi connectivity index (χ1) is 7.60. The molecule has 0 saturated heterocycles. The third-order valence-corrected chi connectivity index (χ3v) is 4.51. The summed E-state index contributed by atoms with van der Waals surface area (Å²) < 4.78 is 0. The summed E-state index contributed by atoms with van der Waals surface area (Å²) in [4.78, 5) is 12.1. The van der Waals surface area contributed by atoms with Crippen molar-refractivity contribution in [1.82, 2.24) is 5.32 Å². The first-order valence-corrected chi connectivity index (χ1v) is 6.59. The molecule has 0 aromatic rings. The number of nitrogens with two attached hydrogens (primary N) is 1. The van der Waals surface area contributed by atoms with Crippen LogP contribution in [0.15, 0.2) is 0 Å². The van der Waals surface area contributed by atoms with Gasteiger partial charge < -0.3 is 11.1 Å². The van der Waals surface area contributed by atoms with Crippen molar-refractivity contribution in [3.8, 4) is 0 Å². The van der Waals surface area contributed by atoms with Gasteiger partial charge in [-0.05, 0) is 44.1 Å². The molecule has 92 valence electrons. The Morgan fingerprint density at radius 1 is 1.25 bits per heavy atom. The second kappa shape index (κ2) is 4.36. The van der Waals surface area contributed by atoms with Crippen molar-refractivity contribution in [2.24, 2.45) is 16.6 Å². The minimum absolute atomic E-state index is 0.0845. The van der Waals surface area contributed by atoms with Crippen molar-refractivity contribution in [3.05, 3.63) is 0 Å². The SMILES string of the molecule is CC1(C(=O)NCC2(CCN)CC2)CCCC1. The van der Waals surface area contributed by atoms with E-state index in [4.69, 9.17) is 5.73 Å². The van der Waals surface area contributed by atoms with Gasteiger partial charge in [0, 0.05) is 12.0 Å². The van der Waals surface area contributed by atoms with E-state index in [9.17, 15) is 4.79 Å². The molecule has 0 heterocycles. The van der Waals surface area contributed by atoms with Gasteiger partial charge in [0.1, 0.15) is 0 Å². The van der Waals surface area contributed by atoms with Crippen LogP contribution in [0, 0.1) is 10.8 Å². The van der Waals surface area contributed by atoms with E-state index in [0.29, 0.717) is 5.41 Å². The number of carbonyl (C=O) groups excluding carboxylic acids is 1. The summed E-state index contributed by atoms with van der Waals surface area (Å²) >= 11 is 0. The highest BCUT2D eigenvalue weighted by atomic mass is 16.2. The van der Waals surface area contributed by atoms with Gasteiger partial charge in [0.2, 0.25) is 5.91 Å². The lowest BCUT2D eigenvalue weighted by molar-refractivity contribution is -0.130. The molecule has 2 fully saturated rings. The van der Waals surface area contributed by atoms with E-state index >= 15 is 0 Å². The van der Waals surface area contributed by atoms with Crippen LogP contribution in [-0.2, 0) is 4.79 Å². The quantitative estimate of drug-likeness (QED) is 0.748. The van der Waals surface area contributed by atoms with Gasteiger partial charge in [-0.1, -0.05) is 19.8 Å². The monoisotopic (exact) mass is 224 g/mol. The molecule has 0 unspecified atom stereocenters. The maximum absolute atomic E-state index is 12.1. The first-order valence-electron chi connectivity index (χ1n) is 6.59. The Bertz CT molecular complexity index is 265. The fraction of sp³-hybridized carbons (Fsp3) is 0.923. The molecule has 3 heteroatoms. The zero-order valence-corrected chi connectivity index (χ0v) is 10.3. The molecule has 0 aliphatic heterocycles. The van der Waals surface area contributed by atoms with Crippen LogP contribution >= 0.6 is 0 Å². The van der Waals surface area contributed by atoms with Gasteiger partial charge >= 0.3 is 0 Å². The van der Waals surface area contributed by atoms with Crippen LogP contribution in [0.5, 0.6) is 0 Å². The molecule has 0 radical (unpaired) electrons. The van der Waals surface area contributed by atoms with Crippen LogP contribution in [-0.4, -0.2) is 19.0 Å². The molecule has 16 heavy (non-hydrogen) atoms. The molecular weight excluding hydrogens is 200 g/mol. The lowest BCUT2D eigenvalue weighted by Gasteiger charge is -2.24. The standard InChI is InChI=1S/C13H24N2O/c1-12(4-2-3-5-12)11(16)15-10-13(6-7-13)8-9-14/h2-10,14H2,1H3,(H,15,16). The Labute approximate surface area is 98.2 Å². The summed E-state index contributed by atoms with van der Waals surface area (Å²) in [5.74, 6) is 0.272. The Morgan fingerprint density at radius 2 is 1.88 bits per heavy atom. The van der Waals surface area contributed by atoms with Gasteiger partial charge in [0.15, 0.2) is 0 Å². The number of amides is 1. The van der Waals surface area contributed by atoms with Gasteiger partial charge in [-0.15, -0.1) is 0 Å². The van der Waals surface area contributed by atoms with Crippen LogP contribution in [0.2, 0.25) is 0 Å². The molecular formula is C13H24N2O. The van der Waals surface area contributed by atoms with Crippen molar-refractivity contribution < 1.29 is 4.79 Å². The lowest BCUT2D eigenvalue weighted by Crippen LogP contribution is -2.40. The first kappa shape index (κ1) is 11.9. The molecule has 0 bridgehead atoms. The molecule has 2 saturated carbocycles. The van der Waals surface area contributed by atoms with E-state index in [1.165, 1.54) is 25.7 Å². The van der Waals surface area contributed by atoms with Crippen LogP contribution in [0.1, 0.15) is 51.9 Å². The molecule has 0 spiro atoms. The normalized spacial score (nSPS) is 25.4. The number of nitrogens with one attached hydrogen (secondary N) is 1. The summed E-state index contributed by atoms with van der Waals surface area (Å²) in [7, 11) is 0. The zero-order valence-electron chi connectivity index (χ0n) is 10.3. The van der Waals surface area contributed by atoms with E-state index in [1.54, 1.807) is 0 Å². The summed E-state index contributed by atoms with van der Waals surface area (Å²) in [6.07, 6.45) is 8.06. The summed E-state index contributed by atoms with van der Waals surface area (Å²) in [5.41, 5.74) is 5.87. The van der Waals surface area contributed by atoms with E-state index in [-0.39, 0.29) is 11.3 Å². The highest BCUT2D eigenvalue weighted by Crippen LogP contribution is 2.48. The summed E-state index contributed by atoms with van der Waals surface area (Å²) in [6, 6.07) is 0. The largest absolute Gasteiger partial charge is 0.355 e. The van der Waals surface area contributed by atoms with Crippen molar-refractivity contribution >= 4 is 5.91 Å². The average Bonchev–Trinajstić information content (AvgIpc) is 2.88. The van der Waals surface area contributed by atoms with Gasteiger partial charge in [-0.2, -0.15) is 0 Å². The Kier molecular flexibility index (Phi) is 3.24. The topological polar surface area (TPSA) is 55.1 Å². The van der Waals surface area contributed by atoms with E-state index in [1.807, 2.05) is 0 Å². The van der Waals surface area contributed by atoms with Gasteiger partial charge in [-0.25, -0.2) is 0 Å². The van der Waals surface area contributed by atoms with Crippen LogP contribution in [0.4, 0.5) is 0 Å². The molecule has 2 rings (SSSR count). The highest BCUT2D eigenvalue weighted by Gasteiger charge is 2.43. The Morgan fingerprint density at radius 3 is 2.38 bits per heavy atom. The summed E-state index contributed by atoms with van der Waals surface area (Å²) in [6.45, 7) is 3.70. The Balaban J connectivity index is 1.79. The molecule has 0 aromatic carbocycles. The minimum Gasteiger partial charge on any atom is -0.355 e. The predicted octanol–water partition coefficient (Wildman–Crippen LogP) is 1.81. The molecule has 0 aromatic heterocycles. The number of hydrogen-bond acceptors (Lipinski definition) is 2. The number of rotatable bonds is 5. The smallest absolute Gasteiger partial charge is 0.225 e. The zero-order chi connectivity index (χ0) is 11.6. The van der Waals surface area contributed by atoms with Gasteiger partial charge in [-0.3, -0.25) is 4.79 Å². The van der Waals surface area contributed by atoms with E-state index < -0.39 is 0 Å². The highest BCUT2D eigenvalue weighted by molar-refractivity contribution is 5.82.